The molecule has 1 unspecified atom stereocenters. The topological polar surface area (TPSA) is 26.0 Å². The molecular weight excluding hydrogens is 170 g/mol. The molecule has 12 heavy (non-hydrogen) atoms. The maximum absolute atomic E-state index is 5.97. The second-order valence-corrected chi connectivity index (χ2v) is 3.32. The number of benzene rings is 1. The van der Waals surface area contributed by atoms with Gasteiger partial charge in [0.2, 0.25) is 0 Å². The molecule has 0 fully saturated rings. The Morgan fingerprint density at radius 3 is 2.67 bits per heavy atom. The highest BCUT2D eigenvalue weighted by Gasteiger charge is 2.07. The molecule has 1 nitrogen and oxygen atoms in total. The minimum absolute atomic E-state index is 0.0868. The highest BCUT2D eigenvalue weighted by atomic mass is 35.5. The molecule has 0 aliphatic heterocycles. The molecule has 1 aromatic carbocycles. The van der Waals surface area contributed by atoms with Crippen LogP contribution in [0.15, 0.2) is 24.3 Å². The Hall–Kier alpha value is -0.530. The molecule has 0 radical (unpaired) electrons. The Morgan fingerprint density at radius 1 is 1.42 bits per heavy atom. The molecule has 0 aromatic heterocycles. The second-order valence-electron chi connectivity index (χ2n) is 2.92. The lowest BCUT2D eigenvalue weighted by Gasteiger charge is -2.11. The number of halogens is 1. The van der Waals surface area contributed by atoms with Crippen molar-refractivity contribution in [2.24, 2.45) is 5.73 Å². The first-order valence-electron chi connectivity index (χ1n) is 4.25. The standard InChI is InChI=1S/C10H14ClN/c1-2-5-10(12)8-6-3-4-7-9(8)11/h3-4,6-7,10H,2,5,12H2,1H3. The van der Waals surface area contributed by atoms with Crippen molar-refractivity contribution in [2.45, 2.75) is 25.8 Å². The van der Waals surface area contributed by atoms with Crippen LogP contribution in [0.4, 0.5) is 0 Å². The third-order valence-corrected chi connectivity index (χ3v) is 2.25. The Morgan fingerprint density at radius 2 is 2.08 bits per heavy atom. The number of hydrogen-bond donors (Lipinski definition) is 1. The molecule has 0 spiro atoms. The molecule has 1 aromatic rings. The predicted octanol–water partition coefficient (Wildman–Crippen LogP) is 3.14. The lowest BCUT2D eigenvalue weighted by Crippen LogP contribution is -2.09. The summed E-state index contributed by atoms with van der Waals surface area (Å²) in [5.74, 6) is 0. The number of hydrogen-bond acceptors (Lipinski definition) is 1. The zero-order valence-corrected chi connectivity index (χ0v) is 8.01. The van der Waals surface area contributed by atoms with Gasteiger partial charge in [-0.15, -0.1) is 0 Å². The summed E-state index contributed by atoms with van der Waals surface area (Å²) in [7, 11) is 0. The van der Waals surface area contributed by atoms with Crippen LogP contribution < -0.4 is 5.73 Å². The average Bonchev–Trinajstić information content (AvgIpc) is 2.05. The van der Waals surface area contributed by atoms with E-state index in [1.54, 1.807) is 0 Å². The molecule has 0 heterocycles. The molecule has 0 aliphatic rings. The first-order chi connectivity index (χ1) is 5.75. The molecule has 0 bridgehead atoms. The first-order valence-corrected chi connectivity index (χ1v) is 4.63. The predicted molar refractivity (Wildman–Crippen MR) is 53.3 cm³/mol. The normalized spacial score (nSPS) is 12.9. The summed E-state index contributed by atoms with van der Waals surface area (Å²) < 4.78 is 0. The van der Waals surface area contributed by atoms with E-state index in [0.717, 1.165) is 23.4 Å². The van der Waals surface area contributed by atoms with E-state index in [0.29, 0.717) is 0 Å². The van der Waals surface area contributed by atoms with E-state index in [-0.39, 0.29) is 6.04 Å². The van der Waals surface area contributed by atoms with E-state index in [9.17, 15) is 0 Å². The Kier molecular flexibility index (Phi) is 3.57. The summed E-state index contributed by atoms with van der Waals surface area (Å²) in [6.07, 6.45) is 2.08. The maximum Gasteiger partial charge on any atom is 0.0453 e. The SMILES string of the molecule is CCCC(N)c1ccccc1Cl. The minimum atomic E-state index is 0.0868. The first kappa shape index (κ1) is 9.56. The fourth-order valence-electron chi connectivity index (χ4n) is 1.24. The van der Waals surface area contributed by atoms with Crippen molar-refractivity contribution in [1.82, 2.24) is 0 Å². The zero-order valence-electron chi connectivity index (χ0n) is 7.26. The summed E-state index contributed by atoms with van der Waals surface area (Å²) in [6, 6.07) is 7.85. The van der Waals surface area contributed by atoms with Crippen molar-refractivity contribution >= 4 is 11.6 Å². The van der Waals surface area contributed by atoms with Gasteiger partial charge in [0, 0.05) is 11.1 Å². The van der Waals surface area contributed by atoms with Gasteiger partial charge in [0.1, 0.15) is 0 Å². The van der Waals surface area contributed by atoms with E-state index >= 15 is 0 Å². The minimum Gasteiger partial charge on any atom is -0.324 e. The van der Waals surface area contributed by atoms with Crippen LogP contribution in [0.25, 0.3) is 0 Å². The third kappa shape index (κ3) is 2.23. The average molecular weight is 184 g/mol. The van der Waals surface area contributed by atoms with Crippen molar-refractivity contribution in [1.29, 1.82) is 0 Å². The molecular formula is C10H14ClN. The monoisotopic (exact) mass is 183 g/mol. The van der Waals surface area contributed by atoms with E-state index < -0.39 is 0 Å². The highest BCUT2D eigenvalue weighted by Crippen LogP contribution is 2.23. The fraction of sp³-hybridized carbons (Fsp3) is 0.400. The molecule has 0 aliphatic carbocycles. The van der Waals surface area contributed by atoms with Gasteiger partial charge in [0.25, 0.3) is 0 Å². The van der Waals surface area contributed by atoms with Gasteiger partial charge in [-0.2, -0.15) is 0 Å². The number of rotatable bonds is 3. The van der Waals surface area contributed by atoms with E-state index in [1.165, 1.54) is 0 Å². The van der Waals surface area contributed by atoms with Crippen LogP contribution in [0.1, 0.15) is 31.4 Å². The van der Waals surface area contributed by atoms with Gasteiger partial charge in [0.15, 0.2) is 0 Å². The van der Waals surface area contributed by atoms with Crippen molar-refractivity contribution in [3.63, 3.8) is 0 Å². The lowest BCUT2D eigenvalue weighted by molar-refractivity contribution is 0.638. The van der Waals surface area contributed by atoms with Gasteiger partial charge in [-0.3, -0.25) is 0 Å². The molecule has 66 valence electrons. The Balaban J connectivity index is 2.79. The summed E-state index contributed by atoms with van der Waals surface area (Å²) in [6.45, 7) is 2.12. The summed E-state index contributed by atoms with van der Waals surface area (Å²) >= 11 is 5.97. The van der Waals surface area contributed by atoms with E-state index in [1.807, 2.05) is 24.3 Å². The van der Waals surface area contributed by atoms with Crippen LogP contribution in [0.2, 0.25) is 5.02 Å². The van der Waals surface area contributed by atoms with Crippen molar-refractivity contribution < 1.29 is 0 Å². The van der Waals surface area contributed by atoms with Gasteiger partial charge in [-0.25, -0.2) is 0 Å². The van der Waals surface area contributed by atoms with Gasteiger partial charge in [0.05, 0.1) is 0 Å². The van der Waals surface area contributed by atoms with Crippen molar-refractivity contribution in [3.8, 4) is 0 Å². The number of nitrogens with two attached hydrogens (primary N) is 1. The van der Waals surface area contributed by atoms with Gasteiger partial charge in [-0.05, 0) is 18.1 Å². The molecule has 2 N–H and O–H groups in total. The third-order valence-electron chi connectivity index (χ3n) is 1.90. The van der Waals surface area contributed by atoms with Gasteiger partial charge >= 0.3 is 0 Å². The van der Waals surface area contributed by atoms with E-state index in [4.69, 9.17) is 17.3 Å². The maximum atomic E-state index is 5.97. The molecule has 2 heteroatoms. The molecule has 0 saturated carbocycles. The summed E-state index contributed by atoms with van der Waals surface area (Å²) in [5.41, 5.74) is 6.98. The van der Waals surface area contributed by atoms with Crippen molar-refractivity contribution in [3.05, 3.63) is 34.9 Å². The Bertz CT molecular complexity index is 247. The smallest absolute Gasteiger partial charge is 0.0453 e. The molecule has 0 saturated heterocycles. The molecule has 0 amide bonds. The molecule has 1 atom stereocenters. The highest BCUT2D eigenvalue weighted by molar-refractivity contribution is 6.31. The van der Waals surface area contributed by atoms with Crippen LogP contribution in [-0.4, -0.2) is 0 Å². The second kappa shape index (κ2) is 4.48. The van der Waals surface area contributed by atoms with Crippen LogP contribution >= 0.6 is 11.6 Å². The van der Waals surface area contributed by atoms with Crippen LogP contribution in [0, 0.1) is 0 Å². The Labute approximate surface area is 78.5 Å². The quantitative estimate of drug-likeness (QED) is 0.766. The zero-order chi connectivity index (χ0) is 8.97. The fourth-order valence-corrected chi connectivity index (χ4v) is 1.52. The van der Waals surface area contributed by atoms with Crippen molar-refractivity contribution in [2.75, 3.05) is 0 Å². The lowest BCUT2D eigenvalue weighted by atomic mass is 10.0. The summed E-state index contributed by atoms with van der Waals surface area (Å²) in [4.78, 5) is 0. The largest absolute Gasteiger partial charge is 0.324 e. The van der Waals surface area contributed by atoms with Crippen LogP contribution in [0.5, 0.6) is 0 Å². The van der Waals surface area contributed by atoms with Gasteiger partial charge in [-0.1, -0.05) is 43.1 Å². The van der Waals surface area contributed by atoms with Gasteiger partial charge < -0.3 is 5.73 Å². The molecule has 1 rings (SSSR count). The van der Waals surface area contributed by atoms with E-state index in [2.05, 4.69) is 6.92 Å². The van der Waals surface area contributed by atoms with Crippen LogP contribution in [-0.2, 0) is 0 Å². The van der Waals surface area contributed by atoms with Crippen LogP contribution in [0.3, 0.4) is 0 Å². The summed E-state index contributed by atoms with van der Waals surface area (Å²) in [5, 5.41) is 0.776.